The molecule has 21 heavy (non-hydrogen) atoms. The van der Waals surface area contributed by atoms with Gasteiger partial charge in [-0.2, -0.15) is 0 Å². The van der Waals surface area contributed by atoms with Gasteiger partial charge in [0.25, 0.3) is 0 Å². The third kappa shape index (κ3) is 5.11. The maximum atomic E-state index is 5.61. The van der Waals surface area contributed by atoms with Crippen LogP contribution in [0.15, 0.2) is 30.7 Å². The number of nitrogens with one attached hydrogen (secondary N) is 1. The van der Waals surface area contributed by atoms with Crippen molar-refractivity contribution in [2.45, 2.75) is 33.2 Å². The number of aryl methyl sites for hydroxylation is 2. The molecule has 0 aliphatic rings. The van der Waals surface area contributed by atoms with Crippen LogP contribution < -0.4 is 10.1 Å². The van der Waals surface area contributed by atoms with Crippen molar-refractivity contribution in [3.05, 3.63) is 47.5 Å². The van der Waals surface area contributed by atoms with Crippen LogP contribution in [0.2, 0.25) is 0 Å². The Hall–Kier alpha value is -2.01. The van der Waals surface area contributed by atoms with E-state index in [0.717, 1.165) is 37.2 Å². The van der Waals surface area contributed by atoms with Crippen molar-refractivity contribution in [3.8, 4) is 6.01 Å². The van der Waals surface area contributed by atoms with Crippen LogP contribution in [0.25, 0.3) is 0 Å². The molecule has 0 spiro atoms. The molecule has 112 valence electrons. The Morgan fingerprint density at radius 1 is 1.24 bits per heavy atom. The highest BCUT2D eigenvalue weighted by molar-refractivity contribution is 5.17. The highest BCUT2D eigenvalue weighted by Gasteiger charge is 2.04. The first-order chi connectivity index (χ1) is 10.3. The number of rotatable bonds is 8. The SMILES string of the molecule is CCNCc1cnc(OCCCc2ccncc2)nc1C. The van der Waals surface area contributed by atoms with E-state index in [1.165, 1.54) is 5.56 Å². The number of ether oxygens (including phenoxy) is 1. The third-order valence-electron chi connectivity index (χ3n) is 3.21. The highest BCUT2D eigenvalue weighted by atomic mass is 16.5. The summed E-state index contributed by atoms with van der Waals surface area (Å²) in [6, 6.07) is 4.51. The van der Waals surface area contributed by atoms with E-state index >= 15 is 0 Å². The normalized spacial score (nSPS) is 10.6. The molecule has 0 aromatic carbocycles. The maximum absolute atomic E-state index is 5.61. The van der Waals surface area contributed by atoms with E-state index in [4.69, 9.17) is 4.74 Å². The monoisotopic (exact) mass is 286 g/mol. The van der Waals surface area contributed by atoms with Gasteiger partial charge in [-0.05, 0) is 44.0 Å². The highest BCUT2D eigenvalue weighted by Crippen LogP contribution is 2.09. The Morgan fingerprint density at radius 3 is 2.76 bits per heavy atom. The Balaban J connectivity index is 1.77. The summed E-state index contributed by atoms with van der Waals surface area (Å²) in [6.07, 6.45) is 7.37. The molecular formula is C16H22N4O. The minimum absolute atomic E-state index is 0.461. The minimum Gasteiger partial charge on any atom is -0.463 e. The van der Waals surface area contributed by atoms with E-state index in [-0.39, 0.29) is 0 Å². The van der Waals surface area contributed by atoms with Gasteiger partial charge in [-0.25, -0.2) is 9.97 Å². The summed E-state index contributed by atoms with van der Waals surface area (Å²) in [6.45, 7) is 6.42. The fraction of sp³-hybridized carbons (Fsp3) is 0.438. The average molecular weight is 286 g/mol. The van der Waals surface area contributed by atoms with Crippen molar-refractivity contribution in [3.63, 3.8) is 0 Å². The molecule has 0 saturated heterocycles. The Labute approximate surface area is 125 Å². The lowest BCUT2D eigenvalue weighted by atomic mass is 10.1. The second-order valence-corrected chi connectivity index (χ2v) is 4.85. The van der Waals surface area contributed by atoms with Crippen molar-refractivity contribution in [2.75, 3.05) is 13.2 Å². The summed E-state index contributed by atoms with van der Waals surface area (Å²) in [7, 11) is 0. The number of hydrogen-bond donors (Lipinski definition) is 1. The zero-order chi connectivity index (χ0) is 14.9. The summed E-state index contributed by atoms with van der Waals surface area (Å²) in [5.41, 5.74) is 3.35. The topological polar surface area (TPSA) is 59.9 Å². The Morgan fingerprint density at radius 2 is 2.05 bits per heavy atom. The largest absolute Gasteiger partial charge is 0.463 e. The predicted molar refractivity (Wildman–Crippen MR) is 82.2 cm³/mol. The van der Waals surface area contributed by atoms with Crippen molar-refractivity contribution in [1.29, 1.82) is 0 Å². The van der Waals surface area contributed by atoms with Crippen LogP contribution in [0.1, 0.15) is 30.2 Å². The third-order valence-corrected chi connectivity index (χ3v) is 3.21. The second-order valence-electron chi connectivity index (χ2n) is 4.85. The molecule has 0 saturated carbocycles. The molecule has 2 aromatic heterocycles. The molecule has 0 fully saturated rings. The van der Waals surface area contributed by atoms with Crippen LogP contribution in [0.4, 0.5) is 0 Å². The standard InChI is InChI=1S/C16H22N4O/c1-3-17-11-15-12-19-16(20-13(15)2)21-10-4-5-14-6-8-18-9-7-14/h6-9,12,17H,3-5,10-11H2,1-2H3. The van der Waals surface area contributed by atoms with Crippen molar-refractivity contribution in [1.82, 2.24) is 20.3 Å². The lowest BCUT2D eigenvalue weighted by Gasteiger charge is -2.08. The lowest BCUT2D eigenvalue weighted by molar-refractivity contribution is 0.285. The molecule has 5 nitrogen and oxygen atoms in total. The van der Waals surface area contributed by atoms with Gasteiger partial charge in [-0.1, -0.05) is 6.92 Å². The van der Waals surface area contributed by atoms with Crippen molar-refractivity contribution in [2.24, 2.45) is 0 Å². The van der Waals surface area contributed by atoms with Gasteiger partial charge >= 0.3 is 6.01 Å². The number of aromatic nitrogens is 3. The first-order valence-corrected chi connectivity index (χ1v) is 7.34. The summed E-state index contributed by atoms with van der Waals surface area (Å²) >= 11 is 0. The van der Waals surface area contributed by atoms with Crippen LogP contribution >= 0.6 is 0 Å². The predicted octanol–water partition coefficient (Wildman–Crippen LogP) is 2.30. The van der Waals surface area contributed by atoms with Crippen LogP contribution in [0.3, 0.4) is 0 Å². The van der Waals surface area contributed by atoms with Gasteiger partial charge in [0.15, 0.2) is 0 Å². The Bertz CT molecular complexity index is 545. The van der Waals surface area contributed by atoms with Gasteiger partial charge in [0.1, 0.15) is 0 Å². The van der Waals surface area contributed by atoms with E-state index in [0.29, 0.717) is 12.6 Å². The molecule has 0 aliphatic carbocycles. The second kappa shape index (κ2) is 8.32. The minimum atomic E-state index is 0.461. The average Bonchev–Trinajstić information content (AvgIpc) is 2.52. The van der Waals surface area contributed by atoms with E-state index in [1.807, 2.05) is 37.6 Å². The van der Waals surface area contributed by atoms with Gasteiger partial charge in [-0.3, -0.25) is 4.98 Å². The van der Waals surface area contributed by atoms with Gasteiger partial charge in [-0.15, -0.1) is 0 Å². The van der Waals surface area contributed by atoms with Gasteiger partial charge in [0.2, 0.25) is 0 Å². The molecular weight excluding hydrogens is 264 g/mol. The molecule has 0 amide bonds. The van der Waals surface area contributed by atoms with Crippen LogP contribution in [-0.4, -0.2) is 28.1 Å². The lowest BCUT2D eigenvalue weighted by Crippen LogP contribution is -2.14. The maximum Gasteiger partial charge on any atom is 0.316 e. The van der Waals surface area contributed by atoms with E-state index in [2.05, 4.69) is 27.2 Å². The smallest absolute Gasteiger partial charge is 0.316 e. The molecule has 0 bridgehead atoms. The summed E-state index contributed by atoms with van der Waals surface area (Å²) in [5, 5.41) is 3.27. The van der Waals surface area contributed by atoms with Crippen molar-refractivity contribution >= 4 is 0 Å². The number of hydrogen-bond acceptors (Lipinski definition) is 5. The number of nitrogens with zero attached hydrogens (tertiary/aromatic N) is 3. The first-order valence-electron chi connectivity index (χ1n) is 7.34. The van der Waals surface area contributed by atoms with Crippen molar-refractivity contribution < 1.29 is 4.74 Å². The van der Waals surface area contributed by atoms with Crippen LogP contribution in [0, 0.1) is 6.92 Å². The molecule has 0 aliphatic heterocycles. The van der Waals surface area contributed by atoms with Crippen LogP contribution in [0.5, 0.6) is 6.01 Å². The molecule has 5 heteroatoms. The Kier molecular flexibility index (Phi) is 6.09. The fourth-order valence-corrected chi connectivity index (χ4v) is 1.96. The van der Waals surface area contributed by atoms with Crippen LogP contribution in [-0.2, 0) is 13.0 Å². The van der Waals surface area contributed by atoms with E-state index < -0.39 is 0 Å². The van der Waals surface area contributed by atoms with E-state index in [9.17, 15) is 0 Å². The number of pyridine rings is 1. The summed E-state index contributed by atoms with van der Waals surface area (Å²) in [5.74, 6) is 0. The van der Waals surface area contributed by atoms with Gasteiger partial charge < -0.3 is 10.1 Å². The molecule has 0 unspecified atom stereocenters. The summed E-state index contributed by atoms with van der Waals surface area (Å²) in [4.78, 5) is 12.6. The molecule has 2 heterocycles. The van der Waals surface area contributed by atoms with Gasteiger partial charge in [0.05, 0.1) is 6.61 Å². The molecule has 1 N–H and O–H groups in total. The first kappa shape index (κ1) is 15.4. The zero-order valence-electron chi connectivity index (χ0n) is 12.7. The quantitative estimate of drug-likeness (QED) is 0.755. The van der Waals surface area contributed by atoms with E-state index in [1.54, 1.807) is 0 Å². The molecule has 2 aromatic rings. The molecule has 0 atom stereocenters. The summed E-state index contributed by atoms with van der Waals surface area (Å²) < 4.78 is 5.61. The molecule has 2 rings (SSSR count). The van der Waals surface area contributed by atoms with Gasteiger partial charge in [0, 0.05) is 36.4 Å². The zero-order valence-corrected chi connectivity index (χ0v) is 12.7. The fourth-order valence-electron chi connectivity index (χ4n) is 1.96. The molecule has 0 radical (unpaired) electrons.